The lowest BCUT2D eigenvalue weighted by atomic mass is 10.2. The number of sulfonamides is 1. The minimum atomic E-state index is -3.68. The van der Waals surface area contributed by atoms with E-state index in [1.165, 1.54) is 12.1 Å². The van der Waals surface area contributed by atoms with Crippen molar-refractivity contribution in [3.8, 4) is 6.07 Å². The summed E-state index contributed by atoms with van der Waals surface area (Å²) in [6.07, 6.45) is 0.248. The number of benzene rings is 2. The SMILES string of the molecule is N#CCc1ccc(S(=O)(=O)Nc2ccccc2Cl)cc1. The molecule has 102 valence electrons. The van der Waals surface area contributed by atoms with Crippen LogP contribution in [0, 0.1) is 11.3 Å². The van der Waals surface area contributed by atoms with E-state index in [0.717, 1.165) is 5.56 Å². The number of para-hydroxylation sites is 1. The molecule has 0 atom stereocenters. The van der Waals surface area contributed by atoms with Gasteiger partial charge in [0.1, 0.15) is 0 Å². The Kier molecular flexibility index (Phi) is 4.28. The number of nitrogens with zero attached hydrogens (tertiary/aromatic N) is 1. The Morgan fingerprint density at radius 3 is 2.35 bits per heavy atom. The zero-order chi connectivity index (χ0) is 14.6. The molecule has 1 N–H and O–H groups in total. The number of hydrogen-bond acceptors (Lipinski definition) is 3. The van der Waals surface area contributed by atoms with Crippen LogP contribution in [0.3, 0.4) is 0 Å². The molecule has 0 unspecified atom stereocenters. The number of halogens is 1. The minimum Gasteiger partial charge on any atom is -0.278 e. The van der Waals surface area contributed by atoms with Crippen LogP contribution in [0.4, 0.5) is 5.69 Å². The summed E-state index contributed by atoms with van der Waals surface area (Å²) in [5, 5.41) is 8.91. The third kappa shape index (κ3) is 3.29. The van der Waals surface area contributed by atoms with Crippen LogP contribution in [0.25, 0.3) is 0 Å². The Morgan fingerprint density at radius 1 is 1.10 bits per heavy atom. The second kappa shape index (κ2) is 5.95. The van der Waals surface area contributed by atoms with Gasteiger partial charge in [-0.1, -0.05) is 35.9 Å². The van der Waals surface area contributed by atoms with Crippen molar-refractivity contribution in [3.05, 3.63) is 59.1 Å². The monoisotopic (exact) mass is 306 g/mol. The first-order chi connectivity index (χ1) is 9.53. The van der Waals surface area contributed by atoms with Gasteiger partial charge in [-0.05, 0) is 29.8 Å². The molecule has 0 fully saturated rings. The van der Waals surface area contributed by atoms with E-state index in [1.807, 2.05) is 6.07 Å². The molecule has 2 aromatic carbocycles. The standard InChI is InChI=1S/C14H11ClN2O2S/c15-13-3-1-2-4-14(13)17-20(18,19)12-7-5-11(6-8-12)9-10-16/h1-8,17H,9H2. The molecule has 0 aromatic heterocycles. The van der Waals surface area contributed by atoms with E-state index in [0.29, 0.717) is 10.7 Å². The summed E-state index contributed by atoms with van der Waals surface area (Å²) in [5.41, 5.74) is 1.10. The summed E-state index contributed by atoms with van der Waals surface area (Å²) in [4.78, 5) is 0.124. The molecule has 0 spiro atoms. The summed E-state index contributed by atoms with van der Waals surface area (Å²) in [6.45, 7) is 0. The van der Waals surface area contributed by atoms with Crippen molar-refractivity contribution in [2.45, 2.75) is 11.3 Å². The fourth-order valence-corrected chi connectivity index (χ4v) is 2.94. The van der Waals surface area contributed by atoms with Crippen molar-refractivity contribution in [1.29, 1.82) is 5.26 Å². The molecule has 2 rings (SSSR count). The Balaban J connectivity index is 2.27. The normalized spacial score (nSPS) is 10.8. The lowest BCUT2D eigenvalue weighted by molar-refractivity contribution is 0.601. The maximum atomic E-state index is 12.2. The van der Waals surface area contributed by atoms with E-state index >= 15 is 0 Å². The van der Waals surface area contributed by atoms with Crippen LogP contribution in [0.5, 0.6) is 0 Å². The van der Waals surface area contributed by atoms with Gasteiger partial charge in [-0.15, -0.1) is 0 Å². The van der Waals surface area contributed by atoms with Crippen LogP contribution >= 0.6 is 11.6 Å². The van der Waals surface area contributed by atoms with Crippen molar-refractivity contribution >= 4 is 27.3 Å². The van der Waals surface area contributed by atoms with E-state index in [9.17, 15) is 8.42 Å². The van der Waals surface area contributed by atoms with Crippen LogP contribution in [0.2, 0.25) is 5.02 Å². The van der Waals surface area contributed by atoms with E-state index in [4.69, 9.17) is 16.9 Å². The predicted molar refractivity (Wildman–Crippen MR) is 78.0 cm³/mol. The number of nitrogens with one attached hydrogen (secondary N) is 1. The molecular weight excluding hydrogens is 296 g/mol. The van der Waals surface area contributed by atoms with Gasteiger partial charge in [-0.25, -0.2) is 8.42 Å². The van der Waals surface area contributed by atoms with Crippen LogP contribution < -0.4 is 4.72 Å². The van der Waals surface area contributed by atoms with Gasteiger partial charge >= 0.3 is 0 Å². The summed E-state index contributed by atoms with van der Waals surface area (Å²) >= 11 is 5.92. The molecule has 0 saturated carbocycles. The zero-order valence-electron chi connectivity index (χ0n) is 10.4. The molecular formula is C14H11ClN2O2S. The van der Waals surface area contributed by atoms with Gasteiger partial charge in [0.2, 0.25) is 0 Å². The van der Waals surface area contributed by atoms with Crippen LogP contribution in [0.15, 0.2) is 53.4 Å². The molecule has 20 heavy (non-hydrogen) atoms. The quantitative estimate of drug-likeness (QED) is 0.943. The highest BCUT2D eigenvalue weighted by Gasteiger charge is 2.15. The van der Waals surface area contributed by atoms with Crippen molar-refractivity contribution in [2.24, 2.45) is 0 Å². The minimum absolute atomic E-state index is 0.124. The van der Waals surface area contributed by atoms with Gasteiger partial charge in [0.15, 0.2) is 0 Å². The molecule has 0 aliphatic rings. The molecule has 0 aliphatic heterocycles. The van der Waals surface area contributed by atoms with Gasteiger partial charge < -0.3 is 0 Å². The van der Waals surface area contributed by atoms with E-state index in [1.54, 1.807) is 36.4 Å². The van der Waals surface area contributed by atoms with E-state index < -0.39 is 10.0 Å². The molecule has 4 nitrogen and oxygen atoms in total. The third-order valence-electron chi connectivity index (χ3n) is 2.64. The molecule has 0 aliphatic carbocycles. The number of hydrogen-bond donors (Lipinski definition) is 1. The molecule has 0 bridgehead atoms. The van der Waals surface area contributed by atoms with Crippen molar-refractivity contribution in [2.75, 3.05) is 4.72 Å². The molecule has 6 heteroatoms. The van der Waals surface area contributed by atoms with E-state index in [2.05, 4.69) is 4.72 Å². The van der Waals surface area contributed by atoms with Gasteiger partial charge in [0.05, 0.1) is 28.1 Å². The molecule has 0 amide bonds. The maximum absolute atomic E-state index is 12.2. The second-order valence-electron chi connectivity index (χ2n) is 4.06. The summed E-state index contributed by atoms with van der Waals surface area (Å²) in [6, 6.07) is 14.8. The van der Waals surface area contributed by atoms with Gasteiger partial charge in [-0.2, -0.15) is 5.26 Å². The third-order valence-corrected chi connectivity index (χ3v) is 4.35. The topological polar surface area (TPSA) is 70.0 Å². The Bertz CT molecular complexity index is 749. The van der Waals surface area contributed by atoms with Gasteiger partial charge in [-0.3, -0.25) is 4.72 Å². The first-order valence-electron chi connectivity index (χ1n) is 5.76. The first kappa shape index (κ1) is 14.4. The number of rotatable bonds is 4. The summed E-state index contributed by atoms with van der Waals surface area (Å²) < 4.78 is 26.8. The van der Waals surface area contributed by atoms with E-state index in [-0.39, 0.29) is 11.3 Å². The second-order valence-corrected chi connectivity index (χ2v) is 6.15. The Labute approximate surface area is 122 Å². The highest BCUT2D eigenvalue weighted by atomic mass is 35.5. The highest BCUT2D eigenvalue weighted by molar-refractivity contribution is 7.92. The number of nitriles is 1. The Hall–Kier alpha value is -2.03. The molecule has 0 saturated heterocycles. The van der Waals surface area contributed by atoms with Crippen molar-refractivity contribution in [1.82, 2.24) is 0 Å². The fourth-order valence-electron chi connectivity index (χ4n) is 1.63. The average Bonchev–Trinajstić information content (AvgIpc) is 2.42. The van der Waals surface area contributed by atoms with Crippen LogP contribution in [-0.2, 0) is 16.4 Å². The molecule has 0 radical (unpaired) electrons. The smallest absolute Gasteiger partial charge is 0.261 e. The zero-order valence-corrected chi connectivity index (χ0v) is 11.9. The number of anilines is 1. The molecule has 2 aromatic rings. The van der Waals surface area contributed by atoms with Gasteiger partial charge in [0.25, 0.3) is 10.0 Å². The average molecular weight is 307 g/mol. The highest BCUT2D eigenvalue weighted by Crippen LogP contribution is 2.24. The van der Waals surface area contributed by atoms with Crippen molar-refractivity contribution in [3.63, 3.8) is 0 Å². The summed E-state index contributed by atoms with van der Waals surface area (Å²) in [5.74, 6) is 0. The van der Waals surface area contributed by atoms with Crippen LogP contribution in [0.1, 0.15) is 5.56 Å². The van der Waals surface area contributed by atoms with Gasteiger partial charge in [0, 0.05) is 0 Å². The van der Waals surface area contributed by atoms with Crippen LogP contribution in [-0.4, -0.2) is 8.42 Å². The van der Waals surface area contributed by atoms with Crippen molar-refractivity contribution < 1.29 is 8.42 Å². The lowest BCUT2D eigenvalue weighted by Gasteiger charge is -2.09. The fraction of sp³-hybridized carbons (Fsp3) is 0.0714. The first-order valence-corrected chi connectivity index (χ1v) is 7.62. The molecule has 0 heterocycles. The lowest BCUT2D eigenvalue weighted by Crippen LogP contribution is -2.13. The largest absolute Gasteiger partial charge is 0.278 e. The summed E-state index contributed by atoms with van der Waals surface area (Å²) in [7, 11) is -3.68. The maximum Gasteiger partial charge on any atom is 0.261 e. The Morgan fingerprint density at radius 2 is 1.75 bits per heavy atom. The predicted octanol–water partition coefficient (Wildman–Crippen LogP) is 3.21.